The number of nitrogens with one attached hydrogen (secondary N) is 2. The zero-order chi connectivity index (χ0) is 14.6. The van der Waals surface area contributed by atoms with Crippen LogP contribution in [0.3, 0.4) is 0 Å². The van der Waals surface area contributed by atoms with Crippen LogP contribution in [0.15, 0.2) is 18.2 Å². The summed E-state index contributed by atoms with van der Waals surface area (Å²) in [6, 6.07) is 3.98. The van der Waals surface area contributed by atoms with Gasteiger partial charge < -0.3 is 16.4 Å². The molecule has 0 aliphatic carbocycles. The molecule has 19 heavy (non-hydrogen) atoms. The molecule has 0 fully saturated rings. The summed E-state index contributed by atoms with van der Waals surface area (Å²) < 4.78 is 0. The zero-order valence-corrected chi connectivity index (χ0v) is 11.9. The van der Waals surface area contributed by atoms with Crippen LogP contribution in [0.2, 0.25) is 5.02 Å². The minimum absolute atomic E-state index is 0.0208. The fourth-order valence-corrected chi connectivity index (χ4v) is 1.67. The van der Waals surface area contributed by atoms with E-state index in [4.69, 9.17) is 17.3 Å². The molecule has 0 bridgehead atoms. The van der Waals surface area contributed by atoms with E-state index < -0.39 is 11.9 Å². The van der Waals surface area contributed by atoms with E-state index in [9.17, 15) is 9.59 Å². The third kappa shape index (κ3) is 4.44. The highest BCUT2D eigenvalue weighted by molar-refractivity contribution is 6.31. The third-order valence-electron chi connectivity index (χ3n) is 2.43. The Morgan fingerprint density at radius 3 is 2.37 bits per heavy atom. The van der Waals surface area contributed by atoms with Crippen molar-refractivity contribution in [2.24, 2.45) is 0 Å². The lowest BCUT2D eigenvalue weighted by Crippen LogP contribution is -2.46. The highest BCUT2D eigenvalue weighted by Crippen LogP contribution is 2.17. The van der Waals surface area contributed by atoms with Gasteiger partial charge in [-0.3, -0.25) is 9.59 Å². The molecule has 1 aromatic carbocycles. The molecule has 1 atom stereocenters. The van der Waals surface area contributed by atoms with Crippen LogP contribution in [0.5, 0.6) is 0 Å². The van der Waals surface area contributed by atoms with Gasteiger partial charge in [0.2, 0.25) is 5.91 Å². The molecular weight excluding hydrogens is 266 g/mol. The number of carbonyl (C=O) groups is 2. The molecule has 0 radical (unpaired) electrons. The minimum Gasteiger partial charge on any atom is -0.398 e. The number of nitrogens with two attached hydrogens (primary N) is 1. The quantitative estimate of drug-likeness (QED) is 0.733. The molecule has 1 aromatic rings. The summed E-state index contributed by atoms with van der Waals surface area (Å²) in [5.74, 6) is -0.642. The van der Waals surface area contributed by atoms with Gasteiger partial charge in [0, 0.05) is 16.8 Å². The highest BCUT2D eigenvalue weighted by Gasteiger charge is 2.18. The molecule has 5 nitrogen and oxygen atoms in total. The largest absolute Gasteiger partial charge is 0.398 e. The summed E-state index contributed by atoms with van der Waals surface area (Å²) in [6.45, 7) is 5.31. The molecular formula is C13H18ClN3O2. The average molecular weight is 284 g/mol. The minimum atomic E-state index is -0.634. The monoisotopic (exact) mass is 283 g/mol. The van der Waals surface area contributed by atoms with Gasteiger partial charge in [0.25, 0.3) is 5.91 Å². The summed E-state index contributed by atoms with van der Waals surface area (Å²) in [7, 11) is 0. The van der Waals surface area contributed by atoms with E-state index >= 15 is 0 Å². The highest BCUT2D eigenvalue weighted by atomic mass is 35.5. The number of benzene rings is 1. The maximum absolute atomic E-state index is 12.0. The molecule has 0 saturated carbocycles. The SMILES string of the molecule is CC(C)NC(=O)C(C)NC(=O)c1ccc(Cl)cc1N. The van der Waals surface area contributed by atoms with Crippen molar-refractivity contribution in [2.75, 3.05) is 5.73 Å². The number of amides is 2. The van der Waals surface area contributed by atoms with Crippen molar-refractivity contribution in [1.82, 2.24) is 10.6 Å². The van der Waals surface area contributed by atoms with E-state index in [1.54, 1.807) is 13.0 Å². The molecule has 4 N–H and O–H groups in total. The Kier molecular flexibility index (Phi) is 5.18. The molecule has 0 aliphatic heterocycles. The van der Waals surface area contributed by atoms with Gasteiger partial charge in [-0.25, -0.2) is 0 Å². The Balaban J connectivity index is 2.71. The third-order valence-corrected chi connectivity index (χ3v) is 2.67. The molecule has 104 valence electrons. The van der Waals surface area contributed by atoms with E-state index in [1.165, 1.54) is 12.1 Å². The maximum atomic E-state index is 12.0. The topological polar surface area (TPSA) is 84.2 Å². The molecule has 1 rings (SSSR count). The van der Waals surface area contributed by atoms with Crippen LogP contribution in [0.4, 0.5) is 5.69 Å². The van der Waals surface area contributed by atoms with Crippen LogP contribution in [-0.2, 0) is 4.79 Å². The Labute approximate surface area is 117 Å². The van der Waals surface area contributed by atoms with E-state index in [0.717, 1.165) is 0 Å². The van der Waals surface area contributed by atoms with Crippen LogP contribution >= 0.6 is 11.6 Å². The maximum Gasteiger partial charge on any atom is 0.254 e. The average Bonchev–Trinajstić information content (AvgIpc) is 2.27. The van der Waals surface area contributed by atoms with Crippen LogP contribution in [-0.4, -0.2) is 23.9 Å². The first-order valence-electron chi connectivity index (χ1n) is 5.97. The van der Waals surface area contributed by atoms with Crippen molar-refractivity contribution in [2.45, 2.75) is 32.9 Å². The van der Waals surface area contributed by atoms with Crippen molar-refractivity contribution < 1.29 is 9.59 Å². The Bertz CT molecular complexity index is 489. The summed E-state index contributed by atoms with van der Waals surface area (Å²) in [6.07, 6.45) is 0. The van der Waals surface area contributed by atoms with Gasteiger partial charge in [-0.2, -0.15) is 0 Å². The van der Waals surface area contributed by atoms with Crippen molar-refractivity contribution in [3.63, 3.8) is 0 Å². The molecule has 0 aliphatic rings. The van der Waals surface area contributed by atoms with Crippen molar-refractivity contribution >= 4 is 29.1 Å². The van der Waals surface area contributed by atoms with E-state index in [2.05, 4.69) is 10.6 Å². The number of hydrogen-bond acceptors (Lipinski definition) is 3. The van der Waals surface area contributed by atoms with Gasteiger partial charge in [-0.1, -0.05) is 11.6 Å². The molecule has 0 spiro atoms. The number of halogens is 1. The fraction of sp³-hybridized carbons (Fsp3) is 0.385. The lowest BCUT2D eigenvalue weighted by molar-refractivity contribution is -0.123. The Morgan fingerprint density at radius 1 is 1.21 bits per heavy atom. The molecule has 0 saturated heterocycles. The second kappa shape index (κ2) is 6.43. The van der Waals surface area contributed by atoms with Gasteiger partial charge >= 0.3 is 0 Å². The predicted octanol–water partition coefficient (Wildman–Crippen LogP) is 1.57. The molecule has 0 aromatic heterocycles. The van der Waals surface area contributed by atoms with Crippen LogP contribution in [0.25, 0.3) is 0 Å². The first-order chi connectivity index (χ1) is 8.81. The number of nitrogen functional groups attached to an aromatic ring is 1. The van der Waals surface area contributed by atoms with Gasteiger partial charge in [-0.05, 0) is 39.0 Å². The predicted molar refractivity (Wildman–Crippen MR) is 76.1 cm³/mol. The number of anilines is 1. The lowest BCUT2D eigenvalue weighted by Gasteiger charge is -2.16. The smallest absolute Gasteiger partial charge is 0.254 e. The number of carbonyl (C=O) groups excluding carboxylic acids is 2. The van der Waals surface area contributed by atoms with E-state index in [1.807, 2.05) is 13.8 Å². The summed E-state index contributed by atoms with van der Waals surface area (Å²) in [5, 5.41) is 5.76. The number of rotatable bonds is 4. The van der Waals surface area contributed by atoms with Gasteiger partial charge in [0.05, 0.1) is 5.56 Å². The summed E-state index contributed by atoms with van der Waals surface area (Å²) in [5.41, 5.74) is 6.29. The summed E-state index contributed by atoms with van der Waals surface area (Å²) >= 11 is 5.76. The molecule has 2 amide bonds. The normalized spacial score (nSPS) is 12.1. The van der Waals surface area contributed by atoms with Gasteiger partial charge in [0.1, 0.15) is 6.04 Å². The Morgan fingerprint density at radius 2 is 1.84 bits per heavy atom. The second-order valence-electron chi connectivity index (χ2n) is 4.59. The number of hydrogen-bond donors (Lipinski definition) is 3. The van der Waals surface area contributed by atoms with Crippen molar-refractivity contribution in [3.05, 3.63) is 28.8 Å². The van der Waals surface area contributed by atoms with Gasteiger partial charge in [-0.15, -0.1) is 0 Å². The second-order valence-corrected chi connectivity index (χ2v) is 5.03. The van der Waals surface area contributed by atoms with Crippen LogP contribution in [0, 0.1) is 0 Å². The van der Waals surface area contributed by atoms with Crippen LogP contribution in [0.1, 0.15) is 31.1 Å². The molecule has 6 heteroatoms. The lowest BCUT2D eigenvalue weighted by atomic mass is 10.1. The first-order valence-corrected chi connectivity index (χ1v) is 6.35. The zero-order valence-electron chi connectivity index (χ0n) is 11.2. The molecule has 1 unspecified atom stereocenters. The van der Waals surface area contributed by atoms with E-state index in [0.29, 0.717) is 10.6 Å². The van der Waals surface area contributed by atoms with Crippen molar-refractivity contribution in [1.29, 1.82) is 0 Å². The van der Waals surface area contributed by atoms with Crippen LogP contribution < -0.4 is 16.4 Å². The van der Waals surface area contributed by atoms with E-state index in [-0.39, 0.29) is 17.6 Å². The summed E-state index contributed by atoms with van der Waals surface area (Å²) in [4.78, 5) is 23.6. The molecule has 0 heterocycles. The standard InChI is InChI=1S/C13H18ClN3O2/c1-7(2)16-12(18)8(3)17-13(19)10-5-4-9(14)6-11(10)15/h4-8H,15H2,1-3H3,(H,16,18)(H,17,19). The van der Waals surface area contributed by atoms with Gasteiger partial charge in [0.15, 0.2) is 0 Å². The first kappa shape index (κ1) is 15.3. The van der Waals surface area contributed by atoms with Crippen molar-refractivity contribution in [3.8, 4) is 0 Å². The Hall–Kier alpha value is -1.75. The fourth-order valence-electron chi connectivity index (χ4n) is 1.49.